The molecule has 0 radical (unpaired) electrons. The van der Waals surface area contributed by atoms with Crippen LogP contribution in [0.4, 0.5) is 11.4 Å². The second-order valence-electron chi connectivity index (χ2n) is 3.95. The minimum absolute atomic E-state index is 0.0785. The van der Waals surface area contributed by atoms with Crippen LogP contribution in [0.15, 0.2) is 36.7 Å². The lowest BCUT2D eigenvalue weighted by atomic mass is 10.2. The summed E-state index contributed by atoms with van der Waals surface area (Å²) >= 11 is 0. The van der Waals surface area contributed by atoms with Gasteiger partial charge in [0, 0.05) is 18.4 Å². The van der Waals surface area contributed by atoms with Crippen LogP contribution in [0.25, 0.3) is 0 Å². The van der Waals surface area contributed by atoms with Crippen LogP contribution in [-0.2, 0) is 17.9 Å². The third kappa shape index (κ3) is 3.00. The molecule has 2 rings (SSSR count). The second-order valence-corrected chi connectivity index (χ2v) is 3.95. The molecule has 18 heavy (non-hydrogen) atoms. The summed E-state index contributed by atoms with van der Waals surface area (Å²) in [7, 11) is 0. The molecule has 2 aromatic rings. The van der Waals surface area contributed by atoms with E-state index in [-0.39, 0.29) is 6.54 Å². The zero-order valence-corrected chi connectivity index (χ0v) is 9.84. The smallest absolute Gasteiger partial charge is 0.239 e. The SMILES string of the molecule is NC(=O)Cn1cc(NCc2ccccc2N)cn1. The third-order valence-corrected chi connectivity index (χ3v) is 2.49. The maximum atomic E-state index is 10.7. The van der Waals surface area contributed by atoms with Crippen molar-refractivity contribution in [1.29, 1.82) is 0 Å². The Morgan fingerprint density at radius 3 is 2.89 bits per heavy atom. The first kappa shape index (κ1) is 12.0. The fraction of sp³-hybridized carbons (Fsp3) is 0.167. The van der Waals surface area contributed by atoms with Gasteiger partial charge in [-0.1, -0.05) is 18.2 Å². The van der Waals surface area contributed by atoms with Gasteiger partial charge in [0.1, 0.15) is 6.54 Å². The quantitative estimate of drug-likeness (QED) is 0.670. The molecular formula is C12H15N5O. The van der Waals surface area contributed by atoms with Crippen molar-refractivity contribution in [2.24, 2.45) is 5.73 Å². The second kappa shape index (κ2) is 5.22. The topological polar surface area (TPSA) is 99.0 Å². The number of anilines is 2. The molecule has 0 aliphatic heterocycles. The molecule has 6 nitrogen and oxygen atoms in total. The van der Waals surface area contributed by atoms with Crippen molar-refractivity contribution >= 4 is 17.3 Å². The van der Waals surface area contributed by atoms with Crippen molar-refractivity contribution in [2.45, 2.75) is 13.1 Å². The first-order valence-electron chi connectivity index (χ1n) is 5.53. The highest BCUT2D eigenvalue weighted by molar-refractivity contribution is 5.73. The van der Waals surface area contributed by atoms with Crippen molar-refractivity contribution in [3.8, 4) is 0 Å². The van der Waals surface area contributed by atoms with Gasteiger partial charge in [-0.3, -0.25) is 9.48 Å². The Morgan fingerprint density at radius 2 is 2.17 bits per heavy atom. The summed E-state index contributed by atoms with van der Waals surface area (Å²) in [6.45, 7) is 0.685. The molecule has 0 atom stereocenters. The number of nitrogen functional groups attached to an aromatic ring is 1. The molecule has 1 heterocycles. The Bertz CT molecular complexity index is 549. The highest BCUT2D eigenvalue weighted by Gasteiger charge is 2.02. The van der Waals surface area contributed by atoms with Gasteiger partial charge < -0.3 is 16.8 Å². The number of primary amides is 1. The molecule has 1 aromatic heterocycles. The van der Waals surface area contributed by atoms with Crippen molar-refractivity contribution in [3.05, 3.63) is 42.2 Å². The Hall–Kier alpha value is -2.50. The fourth-order valence-electron chi connectivity index (χ4n) is 1.59. The molecule has 0 aliphatic carbocycles. The predicted octanol–water partition coefficient (Wildman–Crippen LogP) is 0.563. The normalized spacial score (nSPS) is 10.2. The van der Waals surface area contributed by atoms with Crippen LogP contribution in [-0.4, -0.2) is 15.7 Å². The number of carbonyl (C=O) groups is 1. The molecule has 6 heteroatoms. The number of aromatic nitrogens is 2. The van der Waals surface area contributed by atoms with Crippen LogP contribution in [0, 0.1) is 0 Å². The van der Waals surface area contributed by atoms with Gasteiger partial charge >= 0.3 is 0 Å². The summed E-state index contributed by atoms with van der Waals surface area (Å²) in [4.78, 5) is 10.7. The Labute approximate surface area is 105 Å². The summed E-state index contributed by atoms with van der Waals surface area (Å²) in [5.41, 5.74) is 13.5. The summed E-state index contributed by atoms with van der Waals surface area (Å²) < 4.78 is 1.49. The molecule has 94 valence electrons. The number of benzene rings is 1. The maximum absolute atomic E-state index is 10.7. The predicted molar refractivity (Wildman–Crippen MR) is 69.6 cm³/mol. The monoisotopic (exact) mass is 245 g/mol. The molecule has 0 fully saturated rings. The number of carbonyl (C=O) groups excluding carboxylic acids is 1. The summed E-state index contributed by atoms with van der Waals surface area (Å²) in [5, 5.41) is 7.19. The van der Waals surface area contributed by atoms with E-state index in [1.165, 1.54) is 4.68 Å². The average molecular weight is 245 g/mol. The van der Waals surface area contributed by atoms with Crippen LogP contribution in [0.3, 0.4) is 0 Å². The van der Waals surface area contributed by atoms with Crippen LogP contribution in [0.2, 0.25) is 0 Å². The minimum Gasteiger partial charge on any atom is -0.398 e. The summed E-state index contributed by atoms with van der Waals surface area (Å²) in [6, 6.07) is 7.64. The minimum atomic E-state index is -0.419. The van der Waals surface area contributed by atoms with E-state index >= 15 is 0 Å². The van der Waals surface area contributed by atoms with Crippen molar-refractivity contribution < 1.29 is 4.79 Å². The molecule has 0 aliphatic rings. The van der Waals surface area contributed by atoms with E-state index in [1.807, 2.05) is 24.3 Å². The maximum Gasteiger partial charge on any atom is 0.239 e. The molecule has 0 bridgehead atoms. The molecule has 1 aromatic carbocycles. The highest BCUT2D eigenvalue weighted by Crippen LogP contribution is 2.13. The van der Waals surface area contributed by atoms with Gasteiger partial charge in [0.05, 0.1) is 11.9 Å². The first-order chi connectivity index (χ1) is 8.65. The van der Waals surface area contributed by atoms with Gasteiger partial charge in [0.15, 0.2) is 0 Å². The van der Waals surface area contributed by atoms with Gasteiger partial charge in [-0.25, -0.2) is 0 Å². The van der Waals surface area contributed by atoms with Gasteiger partial charge in [0.2, 0.25) is 5.91 Å². The van der Waals surface area contributed by atoms with Crippen molar-refractivity contribution in [2.75, 3.05) is 11.1 Å². The third-order valence-electron chi connectivity index (χ3n) is 2.49. The number of hydrogen-bond donors (Lipinski definition) is 3. The van der Waals surface area contributed by atoms with Gasteiger partial charge in [0.25, 0.3) is 0 Å². The van der Waals surface area contributed by atoms with E-state index in [0.717, 1.165) is 16.9 Å². The number of nitrogens with one attached hydrogen (secondary N) is 1. The van der Waals surface area contributed by atoms with E-state index in [1.54, 1.807) is 12.4 Å². The molecule has 0 saturated carbocycles. The lowest BCUT2D eigenvalue weighted by Crippen LogP contribution is -2.18. The number of para-hydroxylation sites is 1. The van der Waals surface area contributed by atoms with E-state index in [9.17, 15) is 4.79 Å². The van der Waals surface area contributed by atoms with E-state index in [2.05, 4.69) is 10.4 Å². The zero-order chi connectivity index (χ0) is 13.0. The lowest BCUT2D eigenvalue weighted by Gasteiger charge is -2.06. The van der Waals surface area contributed by atoms with Crippen LogP contribution >= 0.6 is 0 Å². The van der Waals surface area contributed by atoms with Crippen LogP contribution in [0.1, 0.15) is 5.56 Å². The van der Waals surface area contributed by atoms with Gasteiger partial charge in [-0.15, -0.1) is 0 Å². The fourth-order valence-corrected chi connectivity index (χ4v) is 1.59. The standard InChI is InChI=1S/C12H15N5O/c13-11-4-2-1-3-9(11)5-15-10-6-16-17(7-10)8-12(14)18/h1-4,6-7,15H,5,8,13H2,(H2,14,18). The van der Waals surface area contributed by atoms with Crippen LogP contribution < -0.4 is 16.8 Å². The van der Waals surface area contributed by atoms with Gasteiger partial charge in [-0.2, -0.15) is 5.10 Å². The molecular weight excluding hydrogens is 230 g/mol. The number of nitrogens with zero attached hydrogens (tertiary/aromatic N) is 2. The van der Waals surface area contributed by atoms with E-state index in [4.69, 9.17) is 11.5 Å². The van der Waals surface area contributed by atoms with Crippen LogP contribution in [0.5, 0.6) is 0 Å². The zero-order valence-electron chi connectivity index (χ0n) is 9.84. The summed E-state index contributed by atoms with van der Waals surface area (Å²) in [5.74, 6) is -0.419. The molecule has 0 saturated heterocycles. The Morgan fingerprint density at radius 1 is 1.39 bits per heavy atom. The Kier molecular flexibility index (Phi) is 3.47. The van der Waals surface area contributed by atoms with E-state index in [0.29, 0.717) is 6.54 Å². The van der Waals surface area contributed by atoms with E-state index < -0.39 is 5.91 Å². The first-order valence-corrected chi connectivity index (χ1v) is 5.53. The lowest BCUT2D eigenvalue weighted by molar-refractivity contribution is -0.118. The molecule has 0 spiro atoms. The number of hydrogen-bond acceptors (Lipinski definition) is 4. The largest absolute Gasteiger partial charge is 0.398 e. The summed E-state index contributed by atoms with van der Waals surface area (Å²) in [6.07, 6.45) is 3.37. The van der Waals surface area contributed by atoms with Gasteiger partial charge in [-0.05, 0) is 11.6 Å². The average Bonchev–Trinajstić information content (AvgIpc) is 2.75. The molecule has 5 N–H and O–H groups in total. The van der Waals surface area contributed by atoms with Crippen molar-refractivity contribution in [1.82, 2.24) is 9.78 Å². The number of amides is 1. The molecule has 0 unspecified atom stereocenters. The Balaban J connectivity index is 1.96. The molecule has 1 amide bonds. The highest BCUT2D eigenvalue weighted by atomic mass is 16.1. The number of nitrogens with two attached hydrogens (primary N) is 2. The van der Waals surface area contributed by atoms with Crippen molar-refractivity contribution in [3.63, 3.8) is 0 Å². The number of rotatable bonds is 5.